The zero-order valence-electron chi connectivity index (χ0n) is 7.89. The van der Waals surface area contributed by atoms with Crippen LogP contribution in [0.2, 0.25) is 0 Å². The van der Waals surface area contributed by atoms with E-state index < -0.39 is 26.5 Å². The maximum atomic E-state index is 12.6. The molecule has 0 bridgehead atoms. The molecule has 84 valence electrons. The van der Waals surface area contributed by atoms with Crippen molar-refractivity contribution < 1.29 is 17.9 Å². The molecule has 0 fully saturated rings. The van der Waals surface area contributed by atoms with Gasteiger partial charge in [-0.25, -0.2) is 12.8 Å². The third kappa shape index (κ3) is 3.15. The second-order valence-electron chi connectivity index (χ2n) is 3.18. The molecule has 0 spiro atoms. The largest absolute Gasteiger partial charge is 0.386 e. The van der Waals surface area contributed by atoms with Crippen LogP contribution in [0.25, 0.3) is 0 Å². The molecule has 2 atom stereocenters. The fraction of sp³-hybridized carbons (Fsp3) is 0.333. The number of alkyl halides is 1. The van der Waals surface area contributed by atoms with Gasteiger partial charge in [-0.05, 0) is 17.7 Å². The number of sulfone groups is 1. The predicted octanol–water partition coefficient (Wildman–Crippen LogP) is 1.47. The molecule has 1 aromatic carbocycles. The monoisotopic (exact) mass is 252 g/mol. The van der Waals surface area contributed by atoms with Crippen LogP contribution in [0.5, 0.6) is 0 Å². The van der Waals surface area contributed by atoms with Crippen molar-refractivity contribution in [3.05, 3.63) is 35.6 Å². The second kappa shape index (κ2) is 4.47. The van der Waals surface area contributed by atoms with Crippen molar-refractivity contribution in [2.45, 2.75) is 10.8 Å². The van der Waals surface area contributed by atoms with Crippen LogP contribution in [0.3, 0.4) is 0 Å². The fourth-order valence-electron chi connectivity index (χ4n) is 1.05. The first-order chi connectivity index (χ1) is 6.82. The Balaban J connectivity index is 2.95. The number of aliphatic hydroxyl groups excluding tert-OH is 1. The molecule has 1 rings (SSSR count). The Hall–Kier alpha value is -0.650. The number of hydrogen-bond donors (Lipinski definition) is 1. The van der Waals surface area contributed by atoms with Crippen molar-refractivity contribution in [3.63, 3.8) is 0 Å². The highest BCUT2D eigenvalue weighted by Crippen LogP contribution is 2.24. The van der Waals surface area contributed by atoms with Gasteiger partial charge in [0.15, 0.2) is 14.5 Å². The van der Waals surface area contributed by atoms with Gasteiger partial charge in [-0.3, -0.25) is 0 Å². The van der Waals surface area contributed by atoms with Gasteiger partial charge in [0.2, 0.25) is 0 Å². The quantitative estimate of drug-likeness (QED) is 0.829. The topological polar surface area (TPSA) is 54.4 Å². The predicted molar refractivity (Wildman–Crippen MR) is 55.8 cm³/mol. The normalized spacial score (nSPS) is 16.0. The molecule has 0 heterocycles. The molecule has 0 aromatic heterocycles. The van der Waals surface area contributed by atoms with Crippen LogP contribution in [-0.2, 0) is 9.84 Å². The van der Waals surface area contributed by atoms with Crippen molar-refractivity contribution in [2.24, 2.45) is 0 Å². The fourth-order valence-corrected chi connectivity index (χ4v) is 1.82. The van der Waals surface area contributed by atoms with Gasteiger partial charge in [0.1, 0.15) is 11.9 Å². The van der Waals surface area contributed by atoms with Crippen LogP contribution >= 0.6 is 11.6 Å². The SMILES string of the molecule is CS(=O)(=O)[C@H](Cl)[C@@H](O)c1ccc(F)cc1. The Kier molecular flexibility index (Phi) is 3.70. The van der Waals surface area contributed by atoms with Crippen LogP contribution in [0, 0.1) is 5.82 Å². The number of rotatable bonds is 3. The van der Waals surface area contributed by atoms with Crippen molar-refractivity contribution in [2.75, 3.05) is 6.26 Å². The zero-order chi connectivity index (χ0) is 11.6. The lowest BCUT2D eigenvalue weighted by Crippen LogP contribution is -2.21. The molecule has 0 amide bonds. The van der Waals surface area contributed by atoms with E-state index in [0.717, 1.165) is 18.4 Å². The van der Waals surface area contributed by atoms with Crippen molar-refractivity contribution in [1.29, 1.82) is 0 Å². The minimum absolute atomic E-state index is 0.266. The zero-order valence-corrected chi connectivity index (χ0v) is 9.46. The van der Waals surface area contributed by atoms with Crippen molar-refractivity contribution >= 4 is 21.4 Å². The molecule has 0 aliphatic rings. The van der Waals surface area contributed by atoms with Crippen molar-refractivity contribution in [3.8, 4) is 0 Å². The van der Waals surface area contributed by atoms with Crippen LogP contribution < -0.4 is 0 Å². The Morgan fingerprint density at radius 2 is 1.80 bits per heavy atom. The van der Waals surface area contributed by atoms with Gasteiger partial charge < -0.3 is 5.11 Å². The number of aliphatic hydroxyl groups is 1. The summed E-state index contributed by atoms with van der Waals surface area (Å²) >= 11 is 5.55. The number of hydrogen-bond acceptors (Lipinski definition) is 3. The highest BCUT2D eigenvalue weighted by Gasteiger charge is 2.27. The van der Waals surface area contributed by atoms with E-state index in [1.54, 1.807) is 0 Å². The van der Waals surface area contributed by atoms with E-state index in [1.807, 2.05) is 0 Å². The van der Waals surface area contributed by atoms with Gasteiger partial charge in [-0.1, -0.05) is 12.1 Å². The summed E-state index contributed by atoms with van der Waals surface area (Å²) in [6.07, 6.45) is -0.431. The standard InChI is InChI=1S/C9H10ClFO3S/c1-15(13,14)9(10)8(12)6-2-4-7(11)5-3-6/h2-5,8-9,12H,1H3/t8-,9-/m0/s1. The second-order valence-corrected chi connectivity index (χ2v) is 6.07. The van der Waals surface area contributed by atoms with E-state index in [9.17, 15) is 17.9 Å². The first-order valence-electron chi connectivity index (χ1n) is 4.09. The first-order valence-corrected chi connectivity index (χ1v) is 6.48. The van der Waals surface area contributed by atoms with E-state index in [2.05, 4.69) is 0 Å². The summed E-state index contributed by atoms with van der Waals surface area (Å²) in [5.74, 6) is -0.462. The molecule has 6 heteroatoms. The molecule has 0 saturated heterocycles. The van der Waals surface area contributed by atoms with E-state index in [0.29, 0.717) is 0 Å². The summed E-state index contributed by atoms with van der Waals surface area (Å²) in [6.45, 7) is 0. The number of benzene rings is 1. The van der Waals surface area contributed by atoms with Gasteiger partial charge in [-0.2, -0.15) is 0 Å². The third-order valence-corrected chi connectivity index (χ3v) is 4.15. The average Bonchev–Trinajstić information content (AvgIpc) is 2.15. The van der Waals surface area contributed by atoms with Gasteiger partial charge >= 0.3 is 0 Å². The van der Waals surface area contributed by atoms with E-state index >= 15 is 0 Å². The van der Waals surface area contributed by atoms with E-state index in [1.165, 1.54) is 12.1 Å². The molecular formula is C9H10ClFO3S. The highest BCUT2D eigenvalue weighted by atomic mass is 35.5. The maximum Gasteiger partial charge on any atom is 0.167 e. The van der Waals surface area contributed by atoms with Gasteiger partial charge in [0.05, 0.1) is 0 Å². The molecule has 3 nitrogen and oxygen atoms in total. The molecule has 15 heavy (non-hydrogen) atoms. The Morgan fingerprint density at radius 3 is 2.20 bits per heavy atom. The molecule has 1 N–H and O–H groups in total. The van der Waals surface area contributed by atoms with Crippen molar-refractivity contribution in [1.82, 2.24) is 0 Å². The summed E-state index contributed by atoms with van der Waals surface area (Å²) in [6, 6.07) is 4.84. The van der Waals surface area contributed by atoms with Crippen LogP contribution in [0.4, 0.5) is 4.39 Å². The highest BCUT2D eigenvalue weighted by molar-refractivity contribution is 7.92. The number of halogens is 2. The van der Waals surface area contributed by atoms with Gasteiger partial charge in [0.25, 0.3) is 0 Å². The average molecular weight is 253 g/mol. The van der Waals surface area contributed by atoms with Crippen LogP contribution in [-0.4, -0.2) is 24.5 Å². The van der Waals surface area contributed by atoms with Crippen LogP contribution in [0.15, 0.2) is 24.3 Å². The lowest BCUT2D eigenvalue weighted by molar-refractivity contribution is 0.192. The van der Waals surface area contributed by atoms with E-state index in [-0.39, 0.29) is 5.56 Å². The Labute approximate surface area is 92.4 Å². The molecule has 0 aliphatic heterocycles. The maximum absolute atomic E-state index is 12.6. The Morgan fingerprint density at radius 1 is 1.33 bits per heavy atom. The molecule has 0 saturated carbocycles. The smallest absolute Gasteiger partial charge is 0.167 e. The minimum atomic E-state index is -3.54. The first kappa shape index (κ1) is 12.4. The molecule has 1 aromatic rings. The Bertz CT molecular complexity index is 429. The molecule has 0 radical (unpaired) electrons. The summed E-state index contributed by atoms with van der Waals surface area (Å²) in [4.78, 5) is 0. The molecular weight excluding hydrogens is 243 g/mol. The summed E-state index contributed by atoms with van der Waals surface area (Å²) in [5, 5.41) is 9.58. The summed E-state index contributed by atoms with van der Waals surface area (Å²) in [7, 11) is -3.54. The van der Waals surface area contributed by atoms with E-state index in [4.69, 9.17) is 11.6 Å². The van der Waals surface area contributed by atoms with Gasteiger partial charge in [0, 0.05) is 6.26 Å². The third-order valence-electron chi connectivity index (χ3n) is 1.87. The summed E-state index contributed by atoms with van der Waals surface area (Å²) in [5.41, 5.74) is 0.266. The lowest BCUT2D eigenvalue weighted by atomic mass is 10.1. The molecule has 0 unspecified atom stereocenters. The lowest BCUT2D eigenvalue weighted by Gasteiger charge is -2.15. The van der Waals surface area contributed by atoms with Crippen LogP contribution in [0.1, 0.15) is 11.7 Å². The minimum Gasteiger partial charge on any atom is -0.386 e. The summed E-state index contributed by atoms with van der Waals surface area (Å²) < 4.78 is 33.2. The molecule has 0 aliphatic carbocycles. The van der Waals surface area contributed by atoms with Gasteiger partial charge in [-0.15, -0.1) is 11.6 Å².